The van der Waals surface area contributed by atoms with Gasteiger partial charge in [-0.05, 0) is 61.9 Å². The number of anilines is 2. The Morgan fingerprint density at radius 2 is 1.69 bits per heavy atom. The number of carbonyl (C=O) groups excluding carboxylic acids is 3. The number of hydrogen-bond acceptors (Lipinski definition) is 5. The van der Waals surface area contributed by atoms with Crippen molar-refractivity contribution in [2.75, 3.05) is 23.8 Å². The van der Waals surface area contributed by atoms with Crippen molar-refractivity contribution in [2.45, 2.75) is 26.7 Å². The molecule has 0 unspecified atom stereocenters. The molecule has 2 aromatic rings. The lowest BCUT2D eigenvalue weighted by Gasteiger charge is -2.09. The fourth-order valence-corrected chi connectivity index (χ4v) is 2.89. The van der Waals surface area contributed by atoms with Crippen LogP contribution in [0.5, 0.6) is 5.75 Å². The van der Waals surface area contributed by atoms with E-state index < -0.39 is 18.5 Å². The van der Waals surface area contributed by atoms with Gasteiger partial charge in [0, 0.05) is 22.3 Å². The third-order valence-corrected chi connectivity index (χ3v) is 4.33. The molecule has 2 N–H and O–H groups in total. The first-order valence-corrected chi connectivity index (χ1v) is 9.91. The molecule has 2 aromatic carbocycles. The first-order valence-electron chi connectivity index (χ1n) is 9.11. The number of amides is 2. The number of halogens is 1. The van der Waals surface area contributed by atoms with E-state index in [-0.39, 0.29) is 18.7 Å². The number of ether oxygens (including phenoxy) is 2. The van der Waals surface area contributed by atoms with Crippen LogP contribution in [-0.4, -0.2) is 31.0 Å². The van der Waals surface area contributed by atoms with E-state index in [4.69, 9.17) is 9.47 Å². The Morgan fingerprint density at radius 1 is 0.966 bits per heavy atom. The second-order valence-electron chi connectivity index (χ2n) is 6.17. The van der Waals surface area contributed by atoms with Gasteiger partial charge < -0.3 is 20.1 Å². The lowest BCUT2D eigenvalue weighted by molar-refractivity contribution is -0.147. The zero-order valence-electron chi connectivity index (χ0n) is 16.3. The Morgan fingerprint density at radius 3 is 2.34 bits per heavy atom. The van der Waals surface area contributed by atoms with Crippen molar-refractivity contribution in [3.8, 4) is 5.75 Å². The molecular formula is C21H23BrN2O5. The number of nitrogens with one attached hydrogen (secondary N) is 2. The molecule has 0 aromatic heterocycles. The van der Waals surface area contributed by atoms with Crippen LogP contribution in [0.3, 0.4) is 0 Å². The van der Waals surface area contributed by atoms with Gasteiger partial charge in [-0.1, -0.05) is 15.9 Å². The van der Waals surface area contributed by atoms with Gasteiger partial charge in [0.05, 0.1) is 13.0 Å². The lowest BCUT2D eigenvalue weighted by atomic mass is 10.2. The smallest absolute Gasteiger partial charge is 0.306 e. The van der Waals surface area contributed by atoms with Crippen molar-refractivity contribution < 1.29 is 23.9 Å². The van der Waals surface area contributed by atoms with Crippen LogP contribution < -0.4 is 15.4 Å². The average Bonchev–Trinajstić information content (AvgIpc) is 2.69. The van der Waals surface area contributed by atoms with Gasteiger partial charge in [-0.15, -0.1) is 0 Å². The summed E-state index contributed by atoms with van der Waals surface area (Å²) in [6, 6.07) is 12.4. The van der Waals surface area contributed by atoms with Gasteiger partial charge in [0.15, 0.2) is 6.61 Å². The molecule has 0 aliphatic carbocycles. The molecular weight excluding hydrogens is 440 g/mol. The minimum Gasteiger partial charge on any atom is -0.494 e. The van der Waals surface area contributed by atoms with Gasteiger partial charge in [-0.25, -0.2) is 0 Å². The van der Waals surface area contributed by atoms with E-state index in [1.165, 1.54) is 0 Å². The third kappa shape index (κ3) is 7.95. The van der Waals surface area contributed by atoms with Gasteiger partial charge in [0.2, 0.25) is 5.91 Å². The summed E-state index contributed by atoms with van der Waals surface area (Å²) in [7, 11) is 0. The van der Waals surface area contributed by atoms with E-state index >= 15 is 0 Å². The van der Waals surface area contributed by atoms with Gasteiger partial charge in [-0.2, -0.15) is 0 Å². The Kier molecular flexibility index (Phi) is 8.67. The summed E-state index contributed by atoms with van der Waals surface area (Å²) in [5.74, 6) is -0.663. The van der Waals surface area contributed by atoms with Crippen LogP contribution in [0.4, 0.5) is 11.4 Å². The highest BCUT2D eigenvalue weighted by atomic mass is 79.9. The van der Waals surface area contributed by atoms with E-state index in [0.717, 1.165) is 10.0 Å². The molecule has 154 valence electrons. The third-order valence-electron chi connectivity index (χ3n) is 3.83. The van der Waals surface area contributed by atoms with Crippen molar-refractivity contribution in [3.05, 3.63) is 52.5 Å². The summed E-state index contributed by atoms with van der Waals surface area (Å²) in [6.07, 6.45) is -0.160. The van der Waals surface area contributed by atoms with Crippen molar-refractivity contribution in [2.24, 2.45) is 0 Å². The first kappa shape index (κ1) is 22.4. The monoisotopic (exact) mass is 462 g/mol. The second kappa shape index (κ2) is 11.2. The number of esters is 1. The topological polar surface area (TPSA) is 93.7 Å². The van der Waals surface area contributed by atoms with E-state index in [0.29, 0.717) is 23.7 Å². The van der Waals surface area contributed by atoms with Gasteiger partial charge >= 0.3 is 5.97 Å². The van der Waals surface area contributed by atoms with E-state index in [1.807, 2.05) is 19.9 Å². The van der Waals surface area contributed by atoms with Crippen LogP contribution in [0.15, 0.2) is 46.9 Å². The highest BCUT2D eigenvalue weighted by Crippen LogP contribution is 2.20. The molecule has 0 saturated heterocycles. The minimum atomic E-state index is -0.616. The standard InChI is InChI=1S/C21H23BrN2O5/c1-3-28-17-7-5-16(6-8-17)23-19(25)10-11-21(27)29-13-20(26)24-18-9-4-15(22)12-14(18)2/h4-9,12H,3,10-11,13H2,1-2H3,(H,23,25)(H,24,26). The zero-order valence-corrected chi connectivity index (χ0v) is 17.9. The first-order chi connectivity index (χ1) is 13.9. The molecule has 0 radical (unpaired) electrons. The molecule has 0 atom stereocenters. The Labute approximate surface area is 177 Å². The van der Waals surface area contributed by atoms with E-state index in [9.17, 15) is 14.4 Å². The fraction of sp³-hybridized carbons (Fsp3) is 0.286. The number of benzene rings is 2. The SMILES string of the molecule is CCOc1ccc(NC(=O)CCC(=O)OCC(=O)Nc2ccc(Br)cc2C)cc1. The average molecular weight is 463 g/mol. The van der Waals surface area contributed by atoms with Gasteiger partial charge in [0.25, 0.3) is 5.91 Å². The summed E-state index contributed by atoms with van der Waals surface area (Å²) in [5, 5.41) is 5.37. The van der Waals surface area contributed by atoms with E-state index in [1.54, 1.807) is 36.4 Å². The molecule has 0 fully saturated rings. The second-order valence-corrected chi connectivity index (χ2v) is 7.09. The largest absolute Gasteiger partial charge is 0.494 e. The Hall–Kier alpha value is -2.87. The number of aryl methyl sites for hydroxylation is 1. The van der Waals surface area contributed by atoms with Crippen LogP contribution >= 0.6 is 15.9 Å². The van der Waals surface area contributed by atoms with Crippen LogP contribution in [0.25, 0.3) is 0 Å². The fourth-order valence-electron chi connectivity index (χ4n) is 2.41. The predicted octanol–water partition coefficient (Wildman–Crippen LogP) is 4.06. The van der Waals surface area contributed by atoms with Gasteiger partial charge in [-0.3, -0.25) is 14.4 Å². The van der Waals surface area contributed by atoms with Crippen molar-refractivity contribution in [1.29, 1.82) is 0 Å². The summed E-state index contributed by atoms with van der Waals surface area (Å²) in [4.78, 5) is 35.6. The molecule has 0 saturated carbocycles. The number of carbonyl (C=O) groups is 3. The van der Waals surface area contributed by atoms with Crippen molar-refractivity contribution in [3.63, 3.8) is 0 Å². The van der Waals surface area contributed by atoms with Crippen molar-refractivity contribution in [1.82, 2.24) is 0 Å². The number of hydrogen-bond donors (Lipinski definition) is 2. The molecule has 0 bridgehead atoms. The number of rotatable bonds is 9. The van der Waals surface area contributed by atoms with Gasteiger partial charge in [0.1, 0.15) is 5.75 Å². The molecule has 0 aliphatic rings. The molecule has 2 amide bonds. The zero-order chi connectivity index (χ0) is 21.2. The summed E-state index contributed by atoms with van der Waals surface area (Å²) in [6.45, 7) is 3.90. The molecule has 0 spiro atoms. The van der Waals surface area contributed by atoms with Crippen LogP contribution in [-0.2, 0) is 19.1 Å². The maximum absolute atomic E-state index is 11.9. The highest BCUT2D eigenvalue weighted by molar-refractivity contribution is 9.10. The maximum Gasteiger partial charge on any atom is 0.306 e. The summed E-state index contributed by atoms with van der Waals surface area (Å²) >= 11 is 3.35. The quantitative estimate of drug-likeness (QED) is 0.548. The maximum atomic E-state index is 11.9. The predicted molar refractivity (Wildman–Crippen MR) is 114 cm³/mol. The molecule has 29 heavy (non-hydrogen) atoms. The van der Waals surface area contributed by atoms with Crippen LogP contribution in [0.2, 0.25) is 0 Å². The Balaban J connectivity index is 1.69. The van der Waals surface area contributed by atoms with E-state index in [2.05, 4.69) is 26.6 Å². The molecule has 0 aliphatic heterocycles. The Bertz CT molecular complexity index is 868. The molecule has 7 nitrogen and oxygen atoms in total. The summed E-state index contributed by atoms with van der Waals surface area (Å²) in [5.41, 5.74) is 2.13. The molecule has 0 heterocycles. The minimum absolute atomic E-state index is 0.0422. The highest BCUT2D eigenvalue weighted by Gasteiger charge is 2.12. The van der Waals surface area contributed by atoms with Crippen LogP contribution in [0.1, 0.15) is 25.3 Å². The van der Waals surface area contributed by atoms with Crippen molar-refractivity contribution >= 4 is 45.1 Å². The molecule has 2 rings (SSSR count). The lowest BCUT2D eigenvalue weighted by Crippen LogP contribution is -2.22. The summed E-state index contributed by atoms with van der Waals surface area (Å²) < 4.78 is 11.2. The molecule has 8 heteroatoms. The normalized spacial score (nSPS) is 10.2. The van der Waals surface area contributed by atoms with Crippen LogP contribution in [0, 0.1) is 6.92 Å².